The van der Waals surface area contributed by atoms with E-state index in [0.717, 1.165) is 0 Å². The van der Waals surface area contributed by atoms with Crippen LogP contribution in [-0.4, -0.2) is 0 Å². The van der Waals surface area contributed by atoms with Gasteiger partial charge < -0.3 is 0 Å². The van der Waals surface area contributed by atoms with E-state index in [1.807, 2.05) is 11.3 Å². The van der Waals surface area contributed by atoms with Crippen molar-refractivity contribution in [3.63, 3.8) is 0 Å². The molecule has 0 radical (unpaired) electrons. The number of thiophene rings is 1. The molecule has 0 spiro atoms. The van der Waals surface area contributed by atoms with Crippen LogP contribution in [0, 0.1) is 0 Å². The van der Waals surface area contributed by atoms with Crippen LogP contribution in [0.25, 0.3) is 97.0 Å². The van der Waals surface area contributed by atoms with Gasteiger partial charge in [-0.1, -0.05) is 159 Å². The summed E-state index contributed by atoms with van der Waals surface area (Å²) in [5.41, 5.74) is 13.1. The van der Waals surface area contributed by atoms with Crippen LogP contribution in [0.4, 0.5) is 0 Å². The first kappa shape index (κ1) is 29.7. The molecule has 0 saturated heterocycles. The van der Waals surface area contributed by atoms with Gasteiger partial charge in [0, 0.05) is 25.6 Å². The van der Waals surface area contributed by atoms with Crippen molar-refractivity contribution in [2.24, 2.45) is 0 Å². The van der Waals surface area contributed by atoms with Crippen LogP contribution in [0.2, 0.25) is 0 Å². The second-order valence-corrected chi connectivity index (χ2v) is 15.9. The molecule has 0 N–H and O–H groups in total. The molecule has 1 heteroatoms. The van der Waals surface area contributed by atoms with Crippen LogP contribution in [0.5, 0.6) is 0 Å². The summed E-state index contributed by atoms with van der Waals surface area (Å²) >= 11 is 1.93. The summed E-state index contributed by atoms with van der Waals surface area (Å²) in [4.78, 5) is 0. The van der Waals surface area contributed by atoms with Crippen molar-refractivity contribution in [2.75, 3.05) is 0 Å². The number of hydrogen-bond donors (Lipinski definition) is 0. The van der Waals surface area contributed by atoms with E-state index in [1.165, 1.54) is 108 Å². The molecule has 0 amide bonds. The third-order valence-corrected chi connectivity index (χ3v) is 12.7. The van der Waals surface area contributed by atoms with E-state index in [0.29, 0.717) is 0 Å². The van der Waals surface area contributed by atoms with Gasteiger partial charge in [0.25, 0.3) is 0 Å². The molecule has 9 aromatic carbocycles. The quantitative estimate of drug-likeness (QED) is 0.163. The summed E-state index contributed by atoms with van der Waals surface area (Å²) in [5.74, 6) is 0. The van der Waals surface area contributed by atoms with Crippen molar-refractivity contribution in [2.45, 2.75) is 19.3 Å². The Morgan fingerprint density at radius 2 is 0.942 bits per heavy atom. The smallest absolute Gasteiger partial charge is 0.0365 e. The minimum Gasteiger partial charge on any atom is -0.135 e. The maximum absolute atomic E-state index is 2.50. The zero-order chi connectivity index (χ0) is 34.6. The number of rotatable bonds is 3. The van der Waals surface area contributed by atoms with Crippen molar-refractivity contribution >= 4 is 63.8 Å². The third-order valence-electron chi connectivity index (χ3n) is 11.6. The molecule has 0 atom stereocenters. The average molecular weight is 679 g/mol. The van der Waals surface area contributed by atoms with Crippen LogP contribution in [-0.2, 0) is 5.41 Å². The highest BCUT2D eigenvalue weighted by Gasteiger charge is 2.39. The maximum atomic E-state index is 2.50. The Bertz CT molecular complexity index is 3030. The Hall–Kier alpha value is -6.02. The molecule has 1 aromatic heterocycles. The lowest BCUT2D eigenvalue weighted by Gasteiger charge is -2.23. The van der Waals surface area contributed by atoms with E-state index < -0.39 is 0 Å². The number of hydrogen-bond acceptors (Lipinski definition) is 1. The third kappa shape index (κ3) is 4.15. The molecule has 0 bridgehead atoms. The van der Waals surface area contributed by atoms with Gasteiger partial charge in [0.1, 0.15) is 0 Å². The lowest BCUT2D eigenvalue weighted by Crippen LogP contribution is -2.15. The lowest BCUT2D eigenvalue weighted by atomic mass is 9.79. The molecule has 0 unspecified atom stereocenters. The highest BCUT2D eigenvalue weighted by molar-refractivity contribution is 7.26. The van der Waals surface area contributed by atoms with E-state index in [1.54, 1.807) is 0 Å². The molecule has 1 aliphatic carbocycles. The molecule has 52 heavy (non-hydrogen) atoms. The van der Waals surface area contributed by atoms with Crippen LogP contribution >= 0.6 is 11.3 Å². The van der Waals surface area contributed by atoms with Crippen molar-refractivity contribution in [1.29, 1.82) is 0 Å². The van der Waals surface area contributed by atoms with Gasteiger partial charge in [0.2, 0.25) is 0 Å². The first-order valence-electron chi connectivity index (χ1n) is 18.2. The van der Waals surface area contributed by atoms with Gasteiger partial charge in [0.05, 0.1) is 0 Å². The minimum atomic E-state index is -0.142. The zero-order valence-corrected chi connectivity index (χ0v) is 29.9. The Morgan fingerprint density at radius 3 is 1.65 bits per heavy atom. The molecule has 244 valence electrons. The molecule has 0 aliphatic heterocycles. The van der Waals surface area contributed by atoms with Crippen LogP contribution < -0.4 is 0 Å². The second-order valence-electron chi connectivity index (χ2n) is 14.8. The highest BCUT2D eigenvalue weighted by Crippen LogP contribution is 2.57. The molecule has 1 heterocycles. The van der Waals surface area contributed by atoms with Crippen molar-refractivity contribution in [1.82, 2.24) is 0 Å². The predicted molar refractivity (Wildman–Crippen MR) is 226 cm³/mol. The first-order valence-corrected chi connectivity index (χ1v) is 19.0. The molecule has 0 fully saturated rings. The molecule has 1 aliphatic rings. The van der Waals surface area contributed by atoms with Gasteiger partial charge >= 0.3 is 0 Å². The van der Waals surface area contributed by atoms with Crippen molar-refractivity contribution in [3.05, 3.63) is 181 Å². The highest BCUT2D eigenvalue weighted by atomic mass is 32.1. The van der Waals surface area contributed by atoms with Crippen LogP contribution in [0.1, 0.15) is 25.0 Å². The largest absolute Gasteiger partial charge is 0.135 e. The molecule has 11 rings (SSSR count). The monoisotopic (exact) mass is 678 g/mol. The first-order chi connectivity index (χ1) is 25.6. The number of benzene rings is 9. The van der Waals surface area contributed by atoms with E-state index in [2.05, 4.69) is 184 Å². The fourth-order valence-electron chi connectivity index (χ4n) is 9.33. The van der Waals surface area contributed by atoms with E-state index in [9.17, 15) is 0 Å². The Kier molecular flexibility index (Phi) is 6.27. The summed E-state index contributed by atoms with van der Waals surface area (Å²) < 4.78 is 2.71. The number of fused-ring (bicyclic) bond motifs is 10. The maximum Gasteiger partial charge on any atom is 0.0365 e. The summed E-state index contributed by atoms with van der Waals surface area (Å²) in [6.07, 6.45) is 0. The topological polar surface area (TPSA) is 0 Å². The normalized spacial score (nSPS) is 13.3. The average Bonchev–Trinajstić information content (AvgIpc) is 3.66. The van der Waals surface area contributed by atoms with Crippen molar-refractivity contribution < 1.29 is 0 Å². The molecular formula is C51H34S. The van der Waals surface area contributed by atoms with Crippen LogP contribution in [0.15, 0.2) is 170 Å². The summed E-state index contributed by atoms with van der Waals surface area (Å²) in [7, 11) is 0. The summed E-state index contributed by atoms with van der Waals surface area (Å²) in [6, 6.07) is 63.3. The second kappa shape index (κ2) is 11.0. The van der Waals surface area contributed by atoms with E-state index in [4.69, 9.17) is 0 Å². The summed E-state index contributed by atoms with van der Waals surface area (Å²) in [6.45, 7) is 4.85. The predicted octanol–water partition coefficient (Wildman–Crippen LogP) is 14.8. The molecule has 0 saturated carbocycles. The standard InChI is InChI=1S/C51H34S/c1-51(2)43-26-13-12-25-40(43)48-41(30-45-49(50(48)51)42-28-32-17-6-7-18-33(32)29-44(42)52-45)34-19-14-20-35(27-34)47-38-23-10-8-21-36(38)46(31-15-4-3-5-16-31)37-22-9-11-24-39(37)47/h3-30H,1-2H3. The Labute approximate surface area is 307 Å². The van der Waals surface area contributed by atoms with Gasteiger partial charge in [-0.05, 0) is 112 Å². The SMILES string of the molecule is CC1(C)c2ccccc2-c2c(-c3cccc(-c4c5ccccc5c(-c5ccccc5)c5ccccc45)c3)cc3sc4cc5ccccc5cc4c3c21. The van der Waals surface area contributed by atoms with Gasteiger partial charge in [0.15, 0.2) is 0 Å². The fraction of sp³-hybridized carbons (Fsp3) is 0.0588. The van der Waals surface area contributed by atoms with Gasteiger partial charge in [-0.3, -0.25) is 0 Å². The molecule has 0 nitrogen and oxygen atoms in total. The van der Waals surface area contributed by atoms with Gasteiger partial charge in [-0.2, -0.15) is 0 Å². The summed E-state index contributed by atoms with van der Waals surface area (Å²) in [5, 5.41) is 10.5. The Morgan fingerprint density at radius 1 is 0.385 bits per heavy atom. The molecular weight excluding hydrogens is 645 g/mol. The van der Waals surface area contributed by atoms with E-state index >= 15 is 0 Å². The van der Waals surface area contributed by atoms with Crippen LogP contribution in [0.3, 0.4) is 0 Å². The lowest BCUT2D eigenvalue weighted by molar-refractivity contribution is 0.667. The fourth-order valence-corrected chi connectivity index (χ4v) is 10.5. The molecule has 10 aromatic rings. The minimum absolute atomic E-state index is 0.142. The zero-order valence-electron chi connectivity index (χ0n) is 29.1. The van der Waals surface area contributed by atoms with Gasteiger partial charge in [-0.25, -0.2) is 0 Å². The van der Waals surface area contributed by atoms with Crippen molar-refractivity contribution in [3.8, 4) is 44.5 Å². The Balaban J connectivity index is 1.22. The van der Waals surface area contributed by atoms with Gasteiger partial charge in [-0.15, -0.1) is 11.3 Å². The van der Waals surface area contributed by atoms with E-state index in [-0.39, 0.29) is 5.41 Å².